The Bertz CT molecular complexity index is 314. The monoisotopic (exact) mass is 396 g/mol. The summed E-state index contributed by atoms with van der Waals surface area (Å²) in [5, 5.41) is 0. The predicted octanol–water partition coefficient (Wildman–Crippen LogP) is 9.15. The molecule has 0 aromatic rings. The summed E-state index contributed by atoms with van der Waals surface area (Å²) in [4.78, 5) is 12.1. The van der Waals surface area contributed by atoms with E-state index >= 15 is 0 Å². The molecule has 0 saturated carbocycles. The smallest absolute Gasteiger partial charge is 0.306 e. The number of carbonyl (C=O) groups excluding carboxylic acids is 1. The van der Waals surface area contributed by atoms with Gasteiger partial charge in [0.15, 0.2) is 0 Å². The molecule has 0 aromatic heterocycles. The fraction of sp³-hybridized carbons (Fsp3) is 0.962. The van der Waals surface area contributed by atoms with Gasteiger partial charge in [-0.3, -0.25) is 4.79 Å². The average Bonchev–Trinajstić information content (AvgIpc) is 2.70. The summed E-state index contributed by atoms with van der Waals surface area (Å²) in [5.74, 6) is 0.0331. The summed E-state index contributed by atoms with van der Waals surface area (Å²) in [6.45, 7) is 6.67. The van der Waals surface area contributed by atoms with Gasteiger partial charge in [0.2, 0.25) is 0 Å². The Morgan fingerprint density at radius 2 is 0.964 bits per heavy atom. The summed E-state index contributed by atoms with van der Waals surface area (Å²) in [5.41, 5.74) is 0. The molecule has 0 heterocycles. The molecule has 0 saturated heterocycles. The van der Waals surface area contributed by atoms with Crippen molar-refractivity contribution in [3.63, 3.8) is 0 Å². The van der Waals surface area contributed by atoms with Crippen molar-refractivity contribution in [2.24, 2.45) is 0 Å². The van der Waals surface area contributed by atoms with Gasteiger partial charge in [-0.2, -0.15) is 0 Å². The van der Waals surface area contributed by atoms with Gasteiger partial charge in [-0.1, -0.05) is 124 Å². The van der Waals surface area contributed by atoms with Gasteiger partial charge in [0.05, 0.1) is 0 Å². The van der Waals surface area contributed by atoms with E-state index in [4.69, 9.17) is 4.74 Å². The molecular formula is C26H52O2. The van der Waals surface area contributed by atoms with Crippen molar-refractivity contribution in [1.29, 1.82) is 0 Å². The van der Waals surface area contributed by atoms with E-state index in [1.54, 1.807) is 0 Å². The highest BCUT2D eigenvalue weighted by molar-refractivity contribution is 5.69. The molecule has 0 rings (SSSR count). The second-order valence-electron chi connectivity index (χ2n) is 8.72. The molecule has 0 bridgehead atoms. The molecule has 0 spiro atoms. The zero-order valence-electron chi connectivity index (χ0n) is 19.7. The second kappa shape index (κ2) is 22.8. The largest absolute Gasteiger partial charge is 0.462 e. The number of hydrogen-bond acceptors (Lipinski definition) is 2. The molecule has 2 heteroatoms. The minimum absolute atomic E-state index is 0.0331. The minimum Gasteiger partial charge on any atom is -0.462 e. The highest BCUT2D eigenvalue weighted by Gasteiger charge is 2.12. The fourth-order valence-corrected chi connectivity index (χ4v) is 3.85. The lowest BCUT2D eigenvalue weighted by molar-refractivity contribution is -0.149. The highest BCUT2D eigenvalue weighted by atomic mass is 16.5. The molecule has 0 N–H and O–H groups in total. The van der Waals surface area contributed by atoms with Crippen molar-refractivity contribution in [2.75, 3.05) is 0 Å². The van der Waals surface area contributed by atoms with Gasteiger partial charge in [0.25, 0.3) is 0 Å². The second-order valence-corrected chi connectivity index (χ2v) is 8.72. The van der Waals surface area contributed by atoms with Crippen LogP contribution >= 0.6 is 0 Å². The van der Waals surface area contributed by atoms with Gasteiger partial charge in [-0.25, -0.2) is 0 Å². The zero-order chi connectivity index (χ0) is 20.7. The molecule has 0 amide bonds. The van der Waals surface area contributed by atoms with Gasteiger partial charge in [-0.15, -0.1) is 0 Å². The first kappa shape index (κ1) is 27.5. The predicted molar refractivity (Wildman–Crippen MR) is 124 cm³/mol. The summed E-state index contributed by atoms with van der Waals surface area (Å²) in [7, 11) is 0. The number of ether oxygens (including phenoxy) is 1. The van der Waals surface area contributed by atoms with Crippen molar-refractivity contribution in [1.82, 2.24) is 0 Å². The Labute approximate surface area is 177 Å². The molecule has 0 fully saturated rings. The van der Waals surface area contributed by atoms with Crippen molar-refractivity contribution in [3.8, 4) is 0 Å². The molecule has 0 aliphatic carbocycles. The molecule has 0 radical (unpaired) electrons. The maximum atomic E-state index is 12.1. The summed E-state index contributed by atoms with van der Waals surface area (Å²) in [6, 6.07) is 0. The number of hydrogen-bond donors (Lipinski definition) is 0. The first-order valence-electron chi connectivity index (χ1n) is 12.9. The zero-order valence-corrected chi connectivity index (χ0v) is 19.7. The van der Waals surface area contributed by atoms with E-state index in [9.17, 15) is 4.79 Å². The van der Waals surface area contributed by atoms with Crippen molar-refractivity contribution in [2.45, 2.75) is 162 Å². The third kappa shape index (κ3) is 20.2. The molecule has 0 aromatic carbocycles. The average molecular weight is 397 g/mol. The van der Waals surface area contributed by atoms with Crippen LogP contribution in [-0.4, -0.2) is 12.1 Å². The van der Waals surface area contributed by atoms with Crippen LogP contribution in [0.4, 0.5) is 0 Å². The minimum atomic E-state index is 0.0331. The van der Waals surface area contributed by atoms with Crippen LogP contribution in [0.25, 0.3) is 0 Å². The molecule has 28 heavy (non-hydrogen) atoms. The fourth-order valence-electron chi connectivity index (χ4n) is 3.85. The van der Waals surface area contributed by atoms with Crippen molar-refractivity contribution < 1.29 is 9.53 Å². The number of esters is 1. The van der Waals surface area contributed by atoms with E-state index in [0.29, 0.717) is 6.42 Å². The third-order valence-electron chi connectivity index (χ3n) is 5.87. The lowest BCUT2D eigenvalue weighted by Gasteiger charge is -2.16. The lowest BCUT2D eigenvalue weighted by atomic mass is 10.0. The van der Waals surface area contributed by atoms with E-state index in [0.717, 1.165) is 19.3 Å². The Hall–Kier alpha value is -0.530. The Morgan fingerprint density at radius 1 is 0.571 bits per heavy atom. The van der Waals surface area contributed by atoms with Crippen LogP contribution in [0, 0.1) is 0 Å². The Kier molecular flexibility index (Phi) is 22.3. The summed E-state index contributed by atoms with van der Waals surface area (Å²) < 4.78 is 5.70. The van der Waals surface area contributed by atoms with Crippen molar-refractivity contribution >= 4 is 5.97 Å². The van der Waals surface area contributed by atoms with Crippen LogP contribution in [0.15, 0.2) is 0 Å². The summed E-state index contributed by atoms with van der Waals surface area (Å²) >= 11 is 0. The van der Waals surface area contributed by atoms with E-state index in [-0.39, 0.29) is 12.1 Å². The maximum absolute atomic E-state index is 12.1. The lowest BCUT2D eigenvalue weighted by Crippen LogP contribution is -2.17. The molecule has 0 aliphatic heterocycles. The number of unbranched alkanes of at least 4 members (excludes halogenated alkanes) is 16. The molecule has 168 valence electrons. The molecule has 2 nitrogen and oxygen atoms in total. The third-order valence-corrected chi connectivity index (χ3v) is 5.87. The highest BCUT2D eigenvalue weighted by Crippen LogP contribution is 2.15. The van der Waals surface area contributed by atoms with Gasteiger partial charge in [0, 0.05) is 6.42 Å². The maximum Gasteiger partial charge on any atom is 0.306 e. The van der Waals surface area contributed by atoms with Crippen molar-refractivity contribution in [3.05, 3.63) is 0 Å². The normalized spacial score (nSPS) is 12.2. The van der Waals surface area contributed by atoms with Crippen LogP contribution in [-0.2, 0) is 9.53 Å². The Morgan fingerprint density at radius 3 is 1.39 bits per heavy atom. The van der Waals surface area contributed by atoms with E-state index < -0.39 is 0 Å². The quantitative estimate of drug-likeness (QED) is 0.135. The number of rotatable bonds is 22. The van der Waals surface area contributed by atoms with E-state index in [2.05, 4.69) is 20.8 Å². The van der Waals surface area contributed by atoms with Crippen LogP contribution in [0.5, 0.6) is 0 Å². The van der Waals surface area contributed by atoms with Gasteiger partial charge in [-0.05, 0) is 25.7 Å². The Balaban J connectivity index is 3.45. The molecular weight excluding hydrogens is 344 g/mol. The van der Waals surface area contributed by atoms with Crippen LogP contribution in [0.1, 0.15) is 156 Å². The van der Waals surface area contributed by atoms with Gasteiger partial charge in [0.1, 0.15) is 6.10 Å². The first-order chi connectivity index (χ1) is 13.7. The van der Waals surface area contributed by atoms with E-state index in [1.807, 2.05) is 0 Å². The van der Waals surface area contributed by atoms with Crippen LogP contribution in [0.2, 0.25) is 0 Å². The molecule has 0 aliphatic rings. The van der Waals surface area contributed by atoms with Gasteiger partial charge < -0.3 is 4.74 Å². The SMILES string of the molecule is CCCCCCCCCCCCCC(=O)OC(CC)CCCCCCCCC. The van der Waals surface area contributed by atoms with Crippen LogP contribution in [0.3, 0.4) is 0 Å². The topological polar surface area (TPSA) is 26.3 Å². The van der Waals surface area contributed by atoms with Gasteiger partial charge >= 0.3 is 5.97 Å². The molecule has 1 atom stereocenters. The van der Waals surface area contributed by atoms with Crippen LogP contribution < -0.4 is 0 Å². The number of carbonyl (C=O) groups is 1. The van der Waals surface area contributed by atoms with E-state index in [1.165, 1.54) is 109 Å². The summed E-state index contributed by atoms with van der Waals surface area (Å²) in [6.07, 6.45) is 26.5. The first-order valence-corrected chi connectivity index (χ1v) is 12.9. The standard InChI is InChI=1S/C26H52O2/c1-4-7-9-11-13-14-15-16-18-20-22-24-26(27)28-25(6-3)23-21-19-17-12-10-8-5-2/h25H,4-24H2,1-3H3. The molecule has 1 unspecified atom stereocenters.